The van der Waals surface area contributed by atoms with Crippen LogP contribution in [-0.2, 0) is 16.1 Å². The average Bonchev–Trinajstić information content (AvgIpc) is 3.27. The Morgan fingerprint density at radius 1 is 1.00 bits per heavy atom. The number of nitrogens with zero attached hydrogens (tertiary/aromatic N) is 5. The largest absolute Gasteiger partial charge is 0.337 e. The first-order chi connectivity index (χ1) is 16.0. The standard InChI is InChI=1S/C24H25FN6O2/c25-20-6-8-21(9-7-20)26-23(32)18-29-12-14-30(15-13-29)24(33)11-10-22-17-31(28-27-22)16-19-4-2-1-3-5-19/h1-11,17H,12-16,18H2,(H,26,32). The summed E-state index contributed by atoms with van der Waals surface area (Å²) in [4.78, 5) is 28.5. The van der Waals surface area contributed by atoms with Crippen LogP contribution in [0, 0.1) is 5.82 Å². The van der Waals surface area contributed by atoms with E-state index >= 15 is 0 Å². The number of halogens is 1. The lowest BCUT2D eigenvalue weighted by Gasteiger charge is -2.33. The molecule has 0 radical (unpaired) electrons. The van der Waals surface area contributed by atoms with Crippen molar-refractivity contribution in [1.82, 2.24) is 24.8 Å². The van der Waals surface area contributed by atoms with Crippen LogP contribution in [0.5, 0.6) is 0 Å². The Balaban J connectivity index is 1.21. The van der Waals surface area contributed by atoms with Gasteiger partial charge in [-0.05, 0) is 35.9 Å². The Morgan fingerprint density at radius 2 is 1.73 bits per heavy atom. The summed E-state index contributed by atoms with van der Waals surface area (Å²) in [5.41, 5.74) is 2.30. The summed E-state index contributed by atoms with van der Waals surface area (Å²) in [7, 11) is 0. The van der Waals surface area contributed by atoms with E-state index in [4.69, 9.17) is 0 Å². The summed E-state index contributed by atoms with van der Waals surface area (Å²) in [6, 6.07) is 15.6. The van der Waals surface area contributed by atoms with E-state index in [9.17, 15) is 14.0 Å². The number of aromatic nitrogens is 3. The molecule has 0 atom stereocenters. The van der Waals surface area contributed by atoms with Crippen molar-refractivity contribution in [2.24, 2.45) is 0 Å². The summed E-state index contributed by atoms with van der Waals surface area (Å²) >= 11 is 0. The van der Waals surface area contributed by atoms with Gasteiger partial charge in [-0.25, -0.2) is 9.07 Å². The van der Waals surface area contributed by atoms with E-state index in [1.54, 1.807) is 21.9 Å². The normalized spacial score (nSPS) is 14.5. The number of anilines is 1. The third kappa shape index (κ3) is 6.56. The Bertz CT molecular complexity index is 1110. The molecule has 1 saturated heterocycles. The van der Waals surface area contributed by atoms with Crippen molar-refractivity contribution in [3.05, 3.63) is 83.9 Å². The number of nitrogens with one attached hydrogen (secondary N) is 1. The highest BCUT2D eigenvalue weighted by molar-refractivity contribution is 5.92. The predicted molar refractivity (Wildman–Crippen MR) is 123 cm³/mol. The topological polar surface area (TPSA) is 83.4 Å². The van der Waals surface area contributed by atoms with Crippen molar-refractivity contribution in [3.63, 3.8) is 0 Å². The molecule has 1 aliphatic rings. The van der Waals surface area contributed by atoms with Crippen LogP contribution in [-0.4, -0.2) is 69.3 Å². The van der Waals surface area contributed by atoms with Crippen LogP contribution in [0.4, 0.5) is 10.1 Å². The molecule has 0 saturated carbocycles. The van der Waals surface area contributed by atoms with Crippen LogP contribution in [0.15, 0.2) is 66.9 Å². The van der Waals surface area contributed by atoms with E-state index < -0.39 is 0 Å². The Labute approximate surface area is 191 Å². The summed E-state index contributed by atoms with van der Waals surface area (Å²) < 4.78 is 14.7. The van der Waals surface area contributed by atoms with Crippen molar-refractivity contribution in [1.29, 1.82) is 0 Å². The third-order valence-corrected chi connectivity index (χ3v) is 5.32. The molecule has 0 bridgehead atoms. The number of carbonyl (C=O) groups excluding carboxylic acids is 2. The maximum atomic E-state index is 13.0. The number of amides is 2. The molecule has 1 N–H and O–H groups in total. The molecule has 3 aromatic rings. The number of hydrogen-bond acceptors (Lipinski definition) is 5. The van der Waals surface area contributed by atoms with Crippen molar-refractivity contribution in [2.45, 2.75) is 6.54 Å². The first kappa shape index (κ1) is 22.3. The molecule has 170 valence electrons. The van der Waals surface area contributed by atoms with Gasteiger partial charge in [-0.15, -0.1) is 5.10 Å². The second kappa shape index (κ2) is 10.6. The van der Waals surface area contributed by atoms with Crippen LogP contribution in [0.3, 0.4) is 0 Å². The van der Waals surface area contributed by atoms with Gasteiger partial charge in [0.05, 0.1) is 19.3 Å². The summed E-state index contributed by atoms with van der Waals surface area (Å²) in [5.74, 6) is -0.609. The Morgan fingerprint density at radius 3 is 2.45 bits per heavy atom. The molecule has 0 spiro atoms. The van der Waals surface area contributed by atoms with E-state index in [2.05, 4.69) is 15.6 Å². The van der Waals surface area contributed by atoms with E-state index in [-0.39, 0.29) is 24.2 Å². The highest BCUT2D eigenvalue weighted by Crippen LogP contribution is 2.09. The SMILES string of the molecule is O=C(CN1CCN(C(=O)C=Cc2cn(Cc3ccccc3)nn2)CC1)Nc1ccc(F)cc1. The Hall–Kier alpha value is -3.85. The van der Waals surface area contributed by atoms with Crippen molar-refractivity contribution < 1.29 is 14.0 Å². The summed E-state index contributed by atoms with van der Waals surface area (Å²) in [6.45, 7) is 3.11. The molecular formula is C24H25FN6O2. The lowest BCUT2D eigenvalue weighted by molar-refractivity contribution is -0.127. The van der Waals surface area contributed by atoms with Gasteiger partial charge in [-0.3, -0.25) is 14.5 Å². The van der Waals surface area contributed by atoms with E-state index in [0.29, 0.717) is 44.1 Å². The number of carbonyl (C=O) groups is 2. The highest BCUT2D eigenvalue weighted by Gasteiger charge is 2.21. The van der Waals surface area contributed by atoms with Crippen LogP contribution >= 0.6 is 0 Å². The quantitative estimate of drug-likeness (QED) is 0.561. The van der Waals surface area contributed by atoms with Crippen LogP contribution < -0.4 is 5.32 Å². The molecule has 1 aliphatic heterocycles. The number of piperazine rings is 1. The minimum Gasteiger partial charge on any atom is -0.337 e. The van der Waals surface area contributed by atoms with Crippen LogP contribution in [0.2, 0.25) is 0 Å². The maximum absolute atomic E-state index is 13.0. The first-order valence-electron chi connectivity index (χ1n) is 10.7. The van der Waals surface area contributed by atoms with Gasteiger partial charge in [0.15, 0.2) is 0 Å². The third-order valence-electron chi connectivity index (χ3n) is 5.32. The van der Waals surface area contributed by atoms with Gasteiger partial charge in [-0.2, -0.15) is 0 Å². The zero-order valence-corrected chi connectivity index (χ0v) is 18.1. The van der Waals surface area contributed by atoms with Crippen LogP contribution in [0.1, 0.15) is 11.3 Å². The number of rotatable bonds is 7. The maximum Gasteiger partial charge on any atom is 0.246 e. The molecule has 2 amide bonds. The minimum atomic E-state index is -0.348. The molecule has 4 rings (SSSR count). The van der Waals surface area contributed by atoms with Gasteiger partial charge < -0.3 is 10.2 Å². The lowest BCUT2D eigenvalue weighted by atomic mass is 10.2. The molecular weight excluding hydrogens is 423 g/mol. The molecule has 2 heterocycles. The number of hydrogen-bond donors (Lipinski definition) is 1. The molecule has 1 fully saturated rings. The smallest absolute Gasteiger partial charge is 0.246 e. The molecule has 8 nitrogen and oxygen atoms in total. The minimum absolute atomic E-state index is 0.0944. The Kier molecular flexibility index (Phi) is 7.21. The van der Waals surface area contributed by atoms with Gasteiger partial charge in [0.2, 0.25) is 11.8 Å². The highest BCUT2D eigenvalue weighted by atomic mass is 19.1. The van der Waals surface area contributed by atoms with Crippen molar-refractivity contribution >= 4 is 23.6 Å². The van der Waals surface area contributed by atoms with Gasteiger partial charge in [0.1, 0.15) is 11.5 Å². The van der Waals surface area contributed by atoms with E-state index in [0.717, 1.165) is 5.56 Å². The van der Waals surface area contributed by atoms with Crippen LogP contribution in [0.25, 0.3) is 6.08 Å². The summed E-state index contributed by atoms with van der Waals surface area (Å²) in [6.07, 6.45) is 4.97. The molecule has 9 heteroatoms. The lowest BCUT2D eigenvalue weighted by Crippen LogP contribution is -2.50. The molecule has 1 aromatic heterocycles. The van der Waals surface area contributed by atoms with Gasteiger partial charge in [0.25, 0.3) is 0 Å². The monoisotopic (exact) mass is 448 g/mol. The molecule has 33 heavy (non-hydrogen) atoms. The van der Waals surface area contributed by atoms with Gasteiger partial charge in [0, 0.05) is 37.9 Å². The van der Waals surface area contributed by atoms with Gasteiger partial charge in [-0.1, -0.05) is 35.5 Å². The number of benzene rings is 2. The van der Waals surface area contributed by atoms with E-state index in [1.807, 2.05) is 35.2 Å². The fourth-order valence-electron chi connectivity index (χ4n) is 3.56. The zero-order valence-electron chi connectivity index (χ0n) is 18.1. The zero-order chi connectivity index (χ0) is 23.0. The van der Waals surface area contributed by atoms with Crippen molar-refractivity contribution in [3.8, 4) is 0 Å². The second-order valence-electron chi connectivity index (χ2n) is 7.82. The van der Waals surface area contributed by atoms with Gasteiger partial charge >= 0.3 is 0 Å². The molecule has 0 aliphatic carbocycles. The fourth-order valence-corrected chi connectivity index (χ4v) is 3.56. The molecule has 2 aromatic carbocycles. The van der Waals surface area contributed by atoms with E-state index in [1.165, 1.54) is 30.3 Å². The fraction of sp³-hybridized carbons (Fsp3) is 0.250. The first-order valence-corrected chi connectivity index (χ1v) is 10.7. The summed E-state index contributed by atoms with van der Waals surface area (Å²) in [5, 5.41) is 10.9. The van der Waals surface area contributed by atoms with Crippen molar-refractivity contribution in [2.75, 3.05) is 38.0 Å². The second-order valence-corrected chi connectivity index (χ2v) is 7.82. The average molecular weight is 449 g/mol. The molecule has 0 unspecified atom stereocenters. The predicted octanol–water partition coefficient (Wildman–Crippen LogP) is 2.26.